The summed E-state index contributed by atoms with van der Waals surface area (Å²) in [7, 11) is 0. The first-order valence-corrected chi connectivity index (χ1v) is 29.8. The summed E-state index contributed by atoms with van der Waals surface area (Å²) in [6, 6.07) is 0. The predicted octanol–water partition coefficient (Wildman–Crippen LogP) is 20.0. The molecule has 0 aromatic carbocycles. The molecule has 0 aliphatic heterocycles. The first kappa shape index (κ1) is 66.1. The van der Waals surface area contributed by atoms with Gasteiger partial charge in [0.2, 0.25) is 0 Å². The number of hydrogen-bond acceptors (Lipinski definition) is 6. The third-order valence-corrected chi connectivity index (χ3v) is 12.9. The van der Waals surface area contributed by atoms with E-state index in [0.717, 1.165) is 89.9 Å². The summed E-state index contributed by atoms with van der Waals surface area (Å²) < 4.78 is 16.9. The summed E-state index contributed by atoms with van der Waals surface area (Å²) in [5.74, 6) is -0.889. The van der Waals surface area contributed by atoms with E-state index in [9.17, 15) is 14.4 Å². The van der Waals surface area contributed by atoms with Crippen LogP contribution in [0.25, 0.3) is 0 Å². The number of unbranched alkanes of at least 4 members (excludes halogenated alkanes) is 33. The molecule has 0 saturated carbocycles. The van der Waals surface area contributed by atoms with Crippen molar-refractivity contribution < 1.29 is 28.6 Å². The number of allylic oxidation sites excluding steroid dienone is 10. The van der Waals surface area contributed by atoms with Gasteiger partial charge in [-0.2, -0.15) is 0 Å². The van der Waals surface area contributed by atoms with Crippen LogP contribution in [-0.4, -0.2) is 37.2 Å². The van der Waals surface area contributed by atoms with Crippen molar-refractivity contribution >= 4 is 17.9 Å². The molecule has 0 fully saturated rings. The van der Waals surface area contributed by atoms with Crippen molar-refractivity contribution in [3.8, 4) is 0 Å². The molecule has 0 rings (SSSR count). The molecule has 0 radical (unpaired) electrons. The van der Waals surface area contributed by atoms with Gasteiger partial charge in [-0.25, -0.2) is 0 Å². The number of ether oxygens (including phenoxy) is 3. The van der Waals surface area contributed by atoms with Gasteiger partial charge in [0.15, 0.2) is 6.10 Å². The lowest BCUT2D eigenvalue weighted by Crippen LogP contribution is -2.30. The zero-order valence-corrected chi connectivity index (χ0v) is 45.8. The summed E-state index contributed by atoms with van der Waals surface area (Å²) in [5, 5.41) is 0. The van der Waals surface area contributed by atoms with E-state index in [1.807, 2.05) is 0 Å². The van der Waals surface area contributed by atoms with Crippen molar-refractivity contribution in [2.75, 3.05) is 13.2 Å². The minimum Gasteiger partial charge on any atom is -0.462 e. The topological polar surface area (TPSA) is 78.9 Å². The summed E-state index contributed by atoms with van der Waals surface area (Å²) in [6.07, 6.45) is 72.1. The zero-order valence-electron chi connectivity index (χ0n) is 45.8. The van der Waals surface area contributed by atoms with Gasteiger partial charge in [0.1, 0.15) is 13.2 Å². The van der Waals surface area contributed by atoms with E-state index in [1.54, 1.807) is 0 Å². The van der Waals surface area contributed by atoms with Crippen LogP contribution < -0.4 is 0 Å². The zero-order chi connectivity index (χ0) is 50.0. The second-order valence-electron chi connectivity index (χ2n) is 19.9. The van der Waals surface area contributed by atoms with Crippen LogP contribution in [0.4, 0.5) is 0 Å². The molecule has 0 N–H and O–H groups in total. The summed E-state index contributed by atoms with van der Waals surface area (Å²) in [4.78, 5) is 38.2. The molecule has 0 saturated heterocycles. The van der Waals surface area contributed by atoms with Crippen molar-refractivity contribution in [3.05, 3.63) is 60.8 Å². The van der Waals surface area contributed by atoms with Crippen LogP contribution in [0.3, 0.4) is 0 Å². The smallest absolute Gasteiger partial charge is 0.306 e. The molecule has 0 amide bonds. The Hall–Kier alpha value is -2.89. The molecule has 0 aromatic heterocycles. The Balaban J connectivity index is 4.35. The third-order valence-electron chi connectivity index (χ3n) is 12.9. The minimum absolute atomic E-state index is 0.0806. The molecule has 0 aromatic rings. The highest BCUT2D eigenvalue weighted by Gasteiger charge is 2.19. The van der Waals surface area contributed by atoms with Crippen LogP contribution in [-0.2, 0) is 28.6 Å². The van der Waals surface area contributed by atoms with E-state index in [2.05, 4.69) is 81.5 Å². The summed E-state index contributed by atoms with van der Waals surface area (Å²) >= 11 is 0. The molecule has 0 aliphatic carbocycles. The summed E-state index contributed by atoms with van der Waals surface area (Å²) in [5.41, 5.74) is 0. The lowest BCUT2D eigenvalue weighted by atomic mass is 10.1. The van der Waals surface area contributed by atoms with Gasteiger partial charge in [-0.3, -0.25) is 14.4 Å². The maximum Gasteiger partial charge on any atom is 0.306 e. The first-order chi connectivity index (χ1) is 34.0. The van der Waals surface area contributed by atoms with Crippen molar-refractivity contribution in [2.24, 2.45) is 0 Å². The van der Waals surface area contributed by atoms with Gasteiger partial charge in [-0.05, 0) is 103 Å². The first-order valence-electron chi connectivity index (χ1n) is 29.8. The Morgan fingerprint density at radius 2 is 0.551 bits per heavy atom. The Morgan fingerprint density at radius 3 is 0.899 bits per heavy atom. The fourth-order valence-corrected chi connectivity index (χ4v) is 8.45. The van der Waals surface area contributed by atoms with Crippen LogP contribution in [0.15, 0.2) is 60.8 Å². The van der Waals surface area contributed by atoms with E-state index < -0.39 is 6.10 Å². The van der Waals surface area contributed by atoms with E-state index in [0.29, 0.717) is 19.3 Å². The van der Waals surface area contributed by atoms with Gasteiger partial charge in [0, 0.05) is 19.3 Å². The van der Waals surface area contributed by atoms with Gasteiger partial charge in [0.25, 0.3) is 0 Å². The second kappa shape index (κ2) is 57.7. The van der Waals surface area contributed by atoms with Gasteiger partial charge in [-0.15, -0.1) is 0 Å². The Kier molecular flexibility index (Phi) is 55.3. The molecule has 1 atom stereocenters. The van der Waals surface area contributed by atoms with Crippen LogP contribution in [0.1, 0.15) is 303 Å². The Morgan fingerprint density at radius 1 is 0.290 bits per heavy atom. The molecule has 6 nitrogen and oxygen atoms in total. The molecule has 69 heavy (non-hydrogen) atoms. The van der Waals surface area contributed by atoms with Crippen LogP contribution in [0, 0.1) is 0 Å². The second-order valence-corrected chi connectivity index (χ2v) is 19.9. The molecule has 0 bridgehead atoms. The standard InChI is InChI=1S/C63H112O6/c1-4-7-10-13-16-19-22-25-27-29-31-33-35-38-41-44-47-50-53-56-62(65)68-59-60(58-67-61(64)55-52-49-46-43-40-37-24-21-18-15-12-9-6-3)69-63(66)57-54-51-48-45-42-39-36-34-32-30-28-26-23-20-17-14-11-8-5-2/h12,15-16,19,21,24-28,60H,4-11,13-14,17-18,20,22-23,29-59H2,1-3H3/b15-12-,19-16-,24-21-,27-25-,28-26-. The predicted molar refractivity (Wildman–Crippen MR) is 298 cm³/mol. The van der Waals surface area contributed by atoms with Crippen LogP contribution in [0.2, 0.25) is 0 Å². The monoisotopic (exact) mass is 965 g/mol. The van der Waals surface area contributed by atoms with E-state index in [1.165, 1.54) is 173 Å². The number of carbonyl (C=O) groups excluding carboxylic acids is 3. The lowest BCUT2D eigenvalue weighted by molar-refractivity contribution is -0.167. The van der Waals surface area contributed by atoms with E-state index in [-0.39, 0.29) is 31.1 Å². The highest BCUT2D eigenvalue weighted by Crippen LogP contribution is 2.16. The van der Waals surface area contributed by atoms with Gasteiger partial charge >= 0.3 is 17.9 Å². The maximum atomic E-state index is 12.9. The van der Waals surface area contributed by atoms with E-state index in [4.69, 9.17) is 14.2 Å². The van der Waals surface area contributed by atoms with Crippen molar-refractivity contribution in [3.63, 3.8) is 0 Å². The van der Waals surface area contributed by atoms with Crippen LogP contribution in [0.5, 0.6) is 0 Å². The number of esters is 3. The Labute approximate surface area is 428 Å². The molecule has 1 unspecified atom stereocenters. The average Bonchev–Trinajstić information content (AvgIpc) is 3.35. The third kappa shape index (κ3) is 55.9. The van der Waals surface area contributed by atoms with Gasteiger partial charge in [-0.1, -0.05) is 242 Å². The highest BCUT2D eigenvalue weighted by molar-refractivity contribution is 5.71. The normalized spacial score (nSPS) is 12.4. The Bertz CT molecular complexity index is 1250. The molecule has 0 spiro atoms. The van der Waals surface area contributed by atoms with Crippen molar-refractivity contribution in [1.29, 1.82) is 0 Å². The number of carbonyl (C=O) groups is 3. The van der Waals surface area contributed by atoms with Crippen molar-refractivity contribution in [1.82, 2.24) is 0 Å². The minimum atomic E-state index is -0.783. The SMILES string of the molecule is CCC/C=C\C/C=C\CCCCCCCC(=O)OCC(COC(=O)CCCCCCCCCCC/C=C\C/C=C\CCCCC)OC(=O)CCCCCCCCCCC/C=C\CCCCCCCC. The van der Waals surface area contributed by atoms with Crippen molar-refractivity contribution in [2.45, 2.75) is 309 Å². The van der Waals surface area contributed by atoms with Gasteiger partial charge < -0.3 is 14.2 Å². The molecular weight excluding hydrogens is 853 g/mol. The highest BCUT2D eigenvalue weighted by atomic mass is 16.6. The molecular formula is C63H112O6. The average molecular weight is 966 g/mol. The largest absolute Gasteiger partial charge is 0.462 e. The molecule has 0 aliphatic rings. The fourth-order valence-electron chi connectivity index (χ4n) is 8.45. The fraction of sp³-hybridized carbons (Fsp3) is 0.794. The summed E-state index contributed by atoms with van der Waals surface area (Å²) in [6.45, 7) is 6.56. The molecule has 0 heterocycles. The van der Waals surface area contributed by atoms with Crippen LogP contribution >= 0.6 is 0 Å². The number of hydrogen-bond donors (Lipinski definition) is 0. The molecule has 6 heteroatoms. The van der Waals surface area contributed by atoms with Gasteiger partial charge in [0.05, 0.1) is 0 Å². The number of rotatable bonds is 54. The van der Waals surface area contributed by atoms with E-state index >= 15 is 0 Å². The lowest BCUT2D eigenvalue weighted by Gasteiger charge is -2.18. The molecule has 400 valence electrons. The quantitative estimate of drug-likeness (QED) is 0.0262. The maximum absolute atomic E-state index is 12.9.